The molecule has 0 saturated carbocycles. The van der Waals surface area contributed by atoms with E-state index in [-0.39, 0.29) is 0 Å². The zero-order valence-electron chi connectivity index (χ0n) is 8.20. The number of aromatic amines is 1. The first-order valence-electron chi connectivity index (χ1n) is 4.75. The molecule has 1 aromatic carbocycles. The highest BCUT2D eigenvalue weighted by Crippen LogP contribution is 2.12. The summed E-state index contributed by atoms with van der Waals surface area (Å²) in [5.41, 5.74) is 8.63. The molecule has 0 amide bonds. The maximum atomic E-state index is 5.80. The fourth-order valence-corrected chi connectivity index (χ4v) is 1.55. The second-order valence-electron chi connectivity index (χ2n) is 3.39. The molecule has 1 heterocycles. The Hall–Kier alpha value is -1.32. The first-order valence-corrected chi connectivity index (χ1v) is 5.13. The van der Waals surface area contributed by atoms with Crippen LogP contribution in [0.3, 0.4) is 0 Å². The van der Waals surface area contributed by atoms with Gasteiger partial charge in [0.1, 0.15) is 0 Å². The van der Waals surface area contributed by atoms with Gasteiger partial charge in [-0.1, -0.05) is 23.7 Å². The van der Waals surface area contributed by atoms with E-state index < -0.39 is 0 Å². The summed E-state index contributed by atoms with van der Waals surface area (Å²) < 4.78 is 0. The average Bonchev–Trinajstić information content (AvgIpc) is 2.69. The van der Waals surface area contributed by atoms with Crippen LogP contribution in [0.1, 0.15) is 17.0 Å². The minimum absolute atomic E-state index is 0.469. The van der Waals surface area contributed by atoms with Crippen LogP contribution in [0, 0.1) is 0 Å². The SMILES string of the molecule is NCc1cc(Cc2ccc(Cl)cc2)[nH]n1. The van der Waals surface area contributed by atoms with Gasteiger partial charge in [0.05, 0.1) is 5.69 Å². The molecule has 3 N–H and O–H groups in total. The highest BCUT2D eigenvalue weighted by molar-refractivity contribution is 6.30. The van der Waals surface area contributed by atoms with Crippen LogP contribution in [0.4, 0.5) is 0 Å². The van der Waals surface area contributed by atoms with Gasteiger partial charge in [-0.3, -0.25) is 5.10 Å². The number of rotatable bonds is 3. The molecule has 0 bridgehead atoms. The summed E-state index contributed by atoms with van der Waals surface area (Å²) in [5.74, 6) is 0. The lowest BCUT2D eigenvalue weighted by Gasteiger charge is -1.98. The Morgan fingerprint density at radius 3 is 2.60 bits per heavy atom. The van der Waals surface area contributed by atoms with Gasteiger partial charge < -0.3 is 5.73 Å². The Kier molecular flexibility index (Phi) is 3.04. The van der Waals surface area contributed by atoms with E-state index in [1.807, 2.05) is 30.3 Å². The van der Waals surface area contributed by atoms with Crippen LogP contribution >= 0.6 is 11.6 Å². The molecule has 0 spiro atoms. The fraction of sp³-hybridized carbons (Fsp3) is 0.182. The average molecular weight is 222 g/mol. The third kappa shape index (κ3) is 2.58. The standard InChI is InChI=1S/C11H12ClN3/c12-9-3-1-8(2-4-9)5-10-6-11(7-13)15-14-10/h1-4,6H,5,7,13H2,(H,14,15). The lowest BCUT2D eigenvalue weighted by atomic mass is 10.1. The summed E-state index contributed by atoms with van der Waals surface area (Å²) in [5, 5.41) is 7.78. The molecule has 0 aliphatic heterocycles. The summed E-state index contributed by atoms with van der Waals surface area (Å²) >= 11 is 5.80. The first kappa shape index (κ1) is 10.2. The molecular formula is C11H12ClN3. The molecule has 2 rings (SSSR count). The number of nitrogens with one attached hydrogen (secondary N) is 1. The van der Waals surface area contributed by atoms with Gasteiger partial charge >= 0.3 is 0 Å². The lowest BCUT2D eigenvalue weighted by Crippen LogP contribution is -1.95. The predicted molar refractivity (Wildman–Crippen MR) is 60.7 cm³/mol. The number of nitrogens with zero attached hydrogens (tertiary/aromatic N) is 1. The van der Waals surface area contributed by atoms with Crippen LogP contribution in [0.2, 0.25) is 5.02 Å². The molecule has 0 aliphatic carbocycles. The zero-order chi connectivity index (χ0) is 10.7. The molecule has 0 radical (unpaired) electrons. The third-order valence-electron chi connectivity index (χ3n) is 2.20. The lowest BCUT2D eigenvalue weighted by molar-refractivity contribution is 0.928. The van der Waals surface area contributed by atoms with Gasteiger partial charge in [0.25, 0.3) is 0 Å². The van der Waals surface area contributed by atoms with Gasteiger partial charge in [0, 0.05) is 23.7 Å². The maximum Gasteiger partial charge on any atom is 0.0760 e. The van der Waals surface area contributed by atoms with Crippen molar-refractivity contribution in [2.75, 3.05) is 0 Å². The minimum Gasteiger partial charge on any atom is -0.325 e. The smallest absolute Gasteiger partial charge is 0.0760 e. The van der Waals surface area contributed by atoms with Crippen LogP contribution in [0.15, 0.2) is 30.3 Å². The molecule has 0 unspecified atom stereocenters. The normalized spacial score (nSPS) is 10.5. The molecular weight excluding hydrogens is 210 g/mol. The quantitative estimate of drug-likeness (QED) is 0.834. The monoisotopic (exact) mass is 221 g/mol. The van der Waals surface area contributed by atoms with Crippen molar-refractivity contribution in [3.05, 3.63) is 52.3 Å². The number of nitrogens with two attached hydrogens (primary N) is 1. The van der Waals surface area contributed by atoms with Crippen molar-refractivity contribution in [3.63, 3.8) is 0 Å². The number of benzene rings is 1. The zero-order valence-corrected chi connectivity index (χ0v) is 8.96. The molecule has 4 heteroatoms. The molecule has 0 saturated heterocycles. The predicted octanol–water partition coefficient (Wildman–Crippen LogP) is 2.11. The van der Waals surface area contributed by atoms with Gasteiger partial charge in [-0.2, -0.15) is 5.10 Å². The van der Waals surface area contributed by atoms with Gasteiger partial charge in [0.15, 0.2) is 0 Å². The summed E-state index contributed by atoms with van der Waals surface area (Å²) in [4.78, 5) is 0. The van der Waals surface area contributed by atoms with E-state index >= 15 is 0 Å². The van der Waals surface area contributed by atoms with Crippen LogP contribution in [0.25, 0.3) is 0 Å². The summed E-state index contributed by atoms with van der Waals surface area (Å²) in [7, 11) is 0. The van der Waals surface area contributed by atoms with E-state index in [1.165, 1.54) is 5.56 Å². The molecule has 0 fully saturated rings. The topological polar surface area (TPSA) is 54.7 Å². The number of hydrogen-bond donors (Lipinski definition) is 2. The highest BCUT2D eigenvalue weighted by Gasteiger charge is 2.00. The first-order chi connectivity index (χ1) is 7.28. The Balaban J connectivity index is 2.11. The summed E-state index contributed by atoms with van der Waals surface area (Å²) in [6.07, 6.45) is 0.824. The Morgan fingerprint density at radius 1 is 1.27 bits per heavy atom. The van der Waals surface area contributed by atoms with Crippen molar-refractivity contribution in [2.45, 2.75) is 13.0 Å². The van der Waals surface area contributed by atoms with Crippen molar-refractivity contribution in [1.82, 2.24) is 10.2 Å². The Labute approximate surface area is 93.3 Å². The summed E-state index contributed by atoms with van der Waals surface area (Å²) in [6.45, 7) is 0.469. The third-order valence-corrected chi connectivity index (χ3v) is 2.45. The number of aromatic nitrogens is 2. The van der Waals surface area contributed by atoms with E-state index in [0.29, 0.717) is 6.54 Å². The van der Waals surface area contributed by atoms with E-state index in [0.717, 1.165) is 22.8 Å². The number of hydrogen-bond acceptors (Lipinski definition) is 2. The number of H-pyrrole nitrogens is 1. The van der Waals surface area contributed by atoms with Crippen LogP contribution < -0.4 is 5.73 Å². The van der Waals surface area contributed by atoms with E-state index in [1.54, 1.807) is 0 Å². The van der Waals surface area contributed by atoms with Crippen molar-refractivity contribution in [2.24, 2.45) is 5.73 Å². The largest absolute Gasteiger partial charge is 0.325 e. The van der Waals surface area contributed by atoms with E-state index in [2.05, 4.69) is 10.2 Å². The molecule has 0 aliphatic rings. The Bertz CT molecular complexity index is 433. The second-order valence-corrected chi connectivity index (χ2v) is 3.83. The minimum atomic E-state index is 0.469. The summed E-state index contributed by atoms with van der Waals surface area (Å²) in [6, 6.07) is 9.76. The van der Waals surface area contributed by atoms with Crippen LogP contribution in [0.5, 0.6) is 0 Å². The van der Waals surface area contributed by atoms with Crippen molar-refractivity contribution in [1.29, 1.82) is 0 Å². The molecule has 78 valence electrons. The van der Waals surface area contributed by atoms with E-state index in [9.17, 15) is 0 Å². The molecule has 0 atom stereocenters. The van der Waals surface area contributed by atoms with E-state index in [4.69, 9.17) is 17.3 Å². The highest BCUT2D eigenvalue weighted by atomic mass is 35.5. The van der Waals surface area contributed by atoms with Crippen LogP contribution in [-0.4, -0.2) is 10.2 Å². The molecule has 3 nitrogen and oxygen atoms in total. The molecule has 15 heavy (non-hydrogen) atoms. The van der Waals surface area contributed by atoms with Gasteiger partial charge in [-0.25, -0.2) is 0 Å². The molecule has 1 aromatic heterocycles. The van der Waals surface area contributed by atoms with Gasteiger partial charge in [-0.05, 0) is 23.8 Å². The van der Waals surface area contributed by atoms with Crippen molar-refractivity contribution in [3.8, 4) is 0 Å². The van der Waals surface area contributed by atoms with Crippen LogP contribution in [-0.2, 0) is 13.0 Å². The van der Waals surface area contributed by atoms with Gasteiger partial charge in [0.2, 0.25) is 0 Å². The second kappa shape index (κ2) is 4.47. The molecule has 2 aromatic rings. The maximum absolute atomic E-state index is 5.80. The van der Waals surface area contributed by atoms with Gasteiger partial charge in [-0.15, -0.1) is 0 Å². The Morgan fingerprint density at radius 2 is 2.00 bits per heavy atom. The van der Waals surface area contributed by atoms with Crippen molar-refractivity contribution < 1.29 is 0 Å². The fourth-order valence-electron chi connectivity index (χ4n) is 1.43. The van der Waals surface area contributed by atoms with Crippen molar-refractivity contribution >= 4 is 11.6 Å². The number of halogens is 1.